The fraction of sp³-hybridized carbons (Fsp3) is 0.391. The average molecular weight is 502 g/mol. The monoisotopic (exact) mass is 501 g/mol. The van der Waals surface area contributed by atoms with Crippen molar-refractivity contribution >= 4 is 38.5 Å². The van der Waals surface area contributed by atoms with E-state index in [2.05, 4.69) is 15.6 Å². The molecule has 2 N–H and O–H groups in total. The summed E-state index contributed by atoms with van der Waals surface area (Å²) in [6, 6.07) is 7.62. The van der Waals surface area contributed by atoms with E-state index in [0.717, 1.165) is 15.7 Å². The van der Waals surface area contributed by atoms with Crippen LogP contribution in [-0.4, -0.2) is 46.1 Å². The minimum Gasteiger partial charge on any atom is -0.444 e. The molecule has 0 atom stereocenters. The third-order valence-corrected chi connectivity index (χ3v) is 7.32. The average Bonchev–Trinajstić information content (AvgIpc) is 3.16. The van der Waals surface area contributed by atoms with E-state index >= 15 is 0 Å². The van der Waals surface area contributed by atoms with Crippen molar-refractivity contribution < 1.29 is 22.9 Å². The van der Waals surface area contributed by atoms with E-state index in [1.165, 1.54) is 24.4 Å². The van der Waals surface area contributed by atoms with Crippen LogP contribution in [0.1, 0.15) is 39.2 Å². The number of nitro groups is 1. The van der Waals surface area contributed by atoms with E-state index in [9.17, 15) is 23.3 Å². The molecule has 35 heavy (non-hydrogen) atoms. The summed E-state index contributed by atoms with van der Waals surface area (Å²) >= 11 is 0. The molecule has 0 radical (unpaired) electrons. The van der Waals surface area contributed by atoms with Crippen molar-refractivity contribution in [3.8, 4) is 0 Å². The van der Waals surface area contributed by atoms with Gasteiger partial charge in [-0.3, -0.25) is 10.1 Å². The second kappa shape index (κ2) is 8.84. The van der Waals surface area contributed by atoms with Crippen LogP contribution in [0.15, 0.2) is 47.6 Å². The van der Waals surface area contributed by atoms with Gasteiger partial charge in [-0.1, -0.05) is 17.7 Å². The van der Waals surface area contributed by atoms with E-state index in [1.54, 1.807) is 32.9 Å². The van der Waals surface area contributed by atoms with Gasteiger partial charge in [0.2, 0.25) is 0 Å². The van der Waals surface area contributed by atoms with E-state index in [4.69, 9.17) is 4.74 Å². The molecule has 1 aliphatic rings. The van der Waals surface area contributed by atoms with Crippen molar-refractivity contribution in [2.75, 3.05) is 5.32 Å². The van der Waals surface area contributed by atoms with Crippen LogP contribution in [-0.2, 0) is 14.8 Å². The fourth-order valence-electron chi connectivity index (χ4n) is 3.89. The highest BCUT2D eigenvalue weighted by Gasteiger charge is 2.34. The minimum absolute atomic E-state index is 0.0847. The van der Waals surface area contributed by atoms with Gasteiger partial charge in [0.25, 0.3) is 10.0 Å². The third-order valence-electron chi connectivity index (χ3n) is 5.64. The van der Waals surface area contributed by atoms with Crippen LogP contribution in [0.5, 0.6) is 0 Å². The van der Waals surface area contributed by atoms with Crippen molar-refractivity contribution in [3.63, 3.8) is 0 Å². The first-order valence-electron chi connectivity index (χ1n) is 11.1. The van der Waals surface area contributed by atoms with E-state index < -0.39 is 26.6 Å². The summed E-state index contributed by atoms with van der Waals surface area (Å²) in [6.07, 6.45) is 2.94. The van der Waals surface area contributed by atoms with Crippen LogP contribution in [0.25, 0.3) is 11.0 Å². The third kappa shape index (κ3) is 5.06. The highest BCUT2D eigenvalue weighted by molar-refractivity contribution is 7.90. The predicted octanol–water partition coefficient (Wildman–Crippen LogP) is 3.96. The standard InChI is InChI=1S/C23H27N5O6S/c1-14-5-7-17(8-6-14)35(32,33)27-10-9-18-20(19(28(30)31)13-24-21(18)27)25-15-11-16(12-15)26-22(29)34-23(2,3)4/h5-10,13,15-16H,11-12H2,1-4H3,(H,24,25)(H,26,29). The molecule has 186 valence electrons. The Morgan fingerprint density at radius 1 is 1.17 bits per heavy atom. The maximum absolute atomic E-state index is 13.2. The van der Waals surface area contributed by atoms with Gasteiger partial charge in [0.05, 0.1) is 15.2 Å². The molecule has 4 rings (SSSR count). The van der Waals surface area contributed by atoms with Crippen molar-refractivity contribution in [2.24, 2.45) is 0 Å². The number of pyridine rings is 1. The number of alkyl carbamates (subject to hydrolysis) is 1. The first-order valence-corrected chi connectivity index (χ1v) is 12.5. The molecule has 1 aliphatic carbocycles. The number of carbonyl (C=O) groups excluding carboxylic acids is 1. The SMILES string of the molecule is Cc1ccc(S(=O)(=O)n2ccc3c(NC4CC(NC(=O)OC(C)(C)C)C4)c([N+](=O)[O-])cnc32)cc1. The Bertz CT molecular complexity index is 1390. The molecule has 12 heteroatoms. The maximum Gasteiger partial charge on any atom is 0.407 e. The second-order valence-corrected chi connectivity index (χ2v) is 11.4. The molecule has 2 heterocycles. The lowest BCUT2D eigenvalue weighted by atomic mass is 9.86. The number of anilines is 1. The molecular weight excluding hydrogens is 474 g/mol. The van der Waals surface area contributed by atoms with Gasteiger partial charge in [-0.05, 0) is 58.7 Å². The summed E-state index contributed by atoms with van der Waals surface area (Å²) in [4.78, 5) is 27.3. The van der Waals surface area contributed by atoms with Gasteiger partial charge < -0.3 is 15.4 Å². The van der Waals surface area contributed by atoms with Gasteiger partial charge in [-0.2, -0.15) is 0 Å². The molecule has 0 unspecified atom stereocenters. The summed E-state index contributed by atoms with van der Waals surface area (Å²) in [6.45, 7) is 7.18. The van der Waals surface area contributed by atoms with Crippen LogP contribution < -0.4 is 10.6 Å². The zero-order valence-corrected chi connectivity index (χ0v) is 20.6. The normalized spacial score (nSPS) is 18.1. The van der Waals surface area contributed by atoms with E-state index in [0.29, 0.717) is 18.2 Å². The summed E-state index contributed by atoms with van der Waals surface area (Å²) < 4.78 is 32.7. The van der Waals surface area contributed by atoms with Crippen molar-refractivity contribution in [1.82, 2.24) is 14.3 Å². The first-order chi connectivity index (χ1) is 16.3. The van der Waals surface area contributed by atoms with Crippen molar-refractivity contribution in [3.05, 3.63) is 58.4 Å². The van der Waals surface area contributed by atoms with Crippen LogP contribution in [0.4, 0.5) is 16.2 Å². The molecule has 0 aliphatic heterocycles. The summed E-state index contributed by atoms with van der Waals surface area (Å²) in [5.74, 6) is 0. The number of aromatic nitrogens is 2. The van der Waals surface area contributed by atoms with Gasteiger partial charge in [0.15, 0.2) is 5.65 Å². The van der Waals surface area contributed by atoms with Crippen molar-refractivity contribution in [1.29, 1.82) is 0 Å². The van der Waals surface area contributed by atoms with Gasteiger partial charge in [-0.25, -0.2) is 22.2 Å². The lowest BCUT2D eigenvalue weighted by molar-refractivity contribution is -0.384. The molecule has 0 saturated heterocycles. The lowest BCUT2D eigenvalue weighted by Gasteiger charge is -2.37. The summed E-state index contributed by atoms with van der Waals surface area (Å²) in [5, 5.41) is 17.9. The number of carbonyl (C=O) groups is 1. The predicted molar refractivity (Wildman–Crippen MR) is 130 cm³/mol. The van der Waals surface area contributed by atoms with E-state index in [1.807, 2.05) is 6.92 Å². The molecule has 2 aromatic heterocycles. The molecule has 0 bridgehead atoms. The molecule has 11 nitrogen and oxygen atoms in total. The topological polar surface area (TPSA) is 145 Å². The number of hydrogen-bond acceptors (Lipinski definition) is 8. The van der Waals surface area contributed by atoms with Gasteiger partial charge in [0, 0.05) is 18.3 Å². The number of aryl methyl sites for hydroxylation is 1. The molecule has 0 spiro atoms. The molecule has 3 aromatic rings. The van der Waals surface area contributed by atoms with Crippen LogP contribution >= 0.6 is 0 Å². The maximum atomic E-state index is 13.2. The Hall–Kier alpha value is -3.67. The lowest BCUT2D eigenvalue weighted by Crippen LogP contribution is -2.50. The molecule has 1 fully saturated rings. The highest BCUT2D eigenvalue weighted by Crippen LogP contribution is 2.36. The summed E-state index contributed by atoms with van der Waals surface area (Å²) in [5.41, 5.74) is 0.328. The Morgan fingerprint density at radius 2 is 1.83 bits per heavy atom. The Labute approximate surface area is 202 Å². The minimum atomic E-state index is -3.95. The number of fused-ring (bicyclic) bond motifs is 1. The number of benzene rings is 1. The first kappa shape index (κ1) is 24.5. The van der Waals surface area contributed by atoms with Gasteiger partial charge in [0.1, 0.15) is 17.5 Å². The Balaban J connectivity index is 1.58. The van der Waals surface area contributed by atoms with E-state index in [-0.39, 0.29) is 34.0 Å². The fourth-order valence-corrected chi connectivity index (χ4v) is 5.19. The quantitative estimate of drug-likeness (QED) is 0.381. The zero-order chi connectivity index (χ0) is 25.5. The molecule has 1 saturated carbocycles. The van der Waals surface area contributed by atoms with Crippen molar-refractivity contribution in [2.45, 2.75) is 63.1 Å². The second-order valence-electron chi connectivity index (χ2n) is 9.60. The number of nitrogens with zero attached hydrogens (tertiary/aromatic N) is 3. The Kier molecular flexibility index (Phi) is 6.18. The largest absolute Gasteiger partial charge is 0.444 e. The number of nitrogens with one attached hydrogen (secondary N) is 2. The van der Waals surface area contributed by atoms with Crippen LogP contribution in [0.3, 0.4) is 0 Å². The molecule has 1 amide bonds. The smallest absolute Gasteiger partial charge is 0.407 e. The van der Waals surface area contributed by atoms with Gasteiger partial charge in [-0.15, -0.1) is 0 Å². The zero-order valence-electron chi connectivity index (χ0n) is 19.8. The summed E-state index contributed by atoms with van der Waals surface area (Å²) in [7, 11) is -3.95. The number of rotatable bonds is 6. The van der Waals surface area contributed by atoms with Crippen LogP contribution in [0.2, 0.25) is 0 Å². The molecule has 1 aromatic carbocycles. The number of amides is 1. The van der Waals surface area contributed by atoms with Gasteiger partial charge >= 0.3 is 11.8 Å². The molecular formula is C23H27N5O6S. The number of hydrogen-bond donors (Lipinski definition) is 2. The highest BCUT2D eigenvalue weighted by atomic mass is 32.2. The van der Waals surface area contributed by atoms with Crippen LogP contribution in [0, 0.1) is 17.0 Å². The Morgan fingerprint density at radius 3 is 2.43 bits per heavy atom. The number of ether oxygens (including phenoxy) is 1.